The highest BCUT2D eigenvalue weighted by Gasteiger charge is 2.31. The number of rotatable bonds is 6. The lowest BCUT2D eigenvalue weighted by atomic mass is 9.87. The number of piperazine rings is 1. The lowest BCUT2D eigenvalue weighted by Crippen LogP contribution is -2.55. The quantitative estimate of drug-likeness (QED) is 0.772. The third-order valence-corrected chi connectivity index (χ3v) is 6.54. The molecule has 1 aliphatic heterocycles. The zero-order valence-electron chi connectivity index (χ0n) is 16.7. The number of nitrogens with zero attached hydrogens (tertiary/aromatic N) is 3. The molecule has 2 amide bonds. The van der Waals surface area contributed by atoms with Crippen molar-refractivity contribution in [3.8, 4) is 0 Å². The van der Waals surface area contributed by atoms with Crippen LogP contribution in [0.4, 0.5) is 0 Å². The van der Waals surface area contributed by atoms with Crippen LogP contribution in [0.15, 0.2) is 0 Å². The van der Waals surface area contributed by atoms with Gasteiger partial charge in [0.2, 0.25) is 11.8 Å². The number of carbonyl (C=O) groups is 2. The Kier molecular flexibility index (Phi) is 6.56. The van der Waals surface area contributed by atoms with Crippen molar-refractivity contribution in [3.05, 3.63) is 0 Å². The topological polar surface area (TPSA) is 55.9 Å². The maximum Gasteiger partial charge on any atom is 0.237 e. The summed E-state index contributed by atoms with van der Waals surface area (Å²) in [7, 11) is 1.98. The van der Waals surface area contributed by atoms with Crippen molar-refractivity contribution in [2.45, 2.75) is 70.5 Å². The van der Waals surface area contributed by atoms with E-state index in [4.69, 9.17) is 0 Å². The number of nitrogens with one attached hydrogen (secondary N) is 1. The average Bonchev–Trinajstić information content (AvgIpc) is 3.45. The van der Waals surface area contributed by atoms with E-state index in [-0.39, 0.29) is 17.9 Å². The third kappa shape index (κ3) is 5.19. The Morgan fingerprint density at radius 2 is 1.65 bits per heavy atom. The molecule has 1 N–H and O–H groups in total. The van der Waals surface area contributed by atoms with Gasteiger partial charge >= 0.3 is 0 Å². The van der Waals surface area contributed by atoms with Gasteiger partial charge in [-0.25, -0.2) is 0 Å². The molecule has 148 valence electrons. The second-order valence-corrected chi connectivity index (χ2v) is 8.69. The number of hydrogen-bond donors (Lipinski definition) is 1. The van der Waals surface area contributed by atoms with Crippen molar-refractivity contribution in [3.63, 3.8) is 0 Å². The second-order valence-electron chi connectivity index (χ2n) is 8.69. The molecule has 3 aliphatic rings. The Labute approximate surface area is 158 Å². The van der Waals surface area contributed by atoms with Gasteiger partial charge in [0.05, 0.1) is 12.6 Å². The fraction of sp³-hybridized carbons (Fsp3) is 0.900. The standard InChI is InChI=1S/C20H36N4O2/c1-15-4-8-18(9-5-15)22(3)19(25)14-23-10-12-24(13-11-23)16(2)20(26)21-17-6-7-17/h15-18H,4-14H2,1-3H3,(H,21,26)/t15?,16-,18?/m1/s1. The Balaban J connectivity index is 1.38. The zero-order chi connectivity index (χ0) is 18.7. The molecule has 1 saturated heterocycles. The molecular formula is C20H36N4O2. The van der Waals surface area contributed by atoms with Crippen molar-refractivity contribution in [2.75, 3.05) is 39.8 Å². The molecule has 2 saturated carbocycles. The van der Waals surface area contributed by atoms with Crippen molar-refractivity contribution in [1.82, 2.24) is 20.0 Å². The molecular weight excluding hydrogens is 328 g/mol. The molecule has 0 aromatic carbocycles. The van der Waals surface area contributed by atoms with Crippen molar-refractivity contribution in [2.24, 2.45) is 5.92 Å². The summed E-state index contributed by atoms with van der Waals surface area (Å²) in [6.45, 7) is 8.26. The molecule has 6 nitrogen and oxygen atoms in total. The van der Waals surface area contributed by atoms with Gasteiger partial charge < -0.3 is 10.2 Å². The van der Waals surface area contributed by atoms with Crippen LogP contribution < -0.4 is 5.32 Å². The molecule has 1 heterocycles. The van der Waals surface area contributed by atoms with E-state index in [1.54, 1.807) is 0 Å². The molecule has 0 spiro atoms. The number of hydrogen-bond acceptors (Lipinski definition) is 4. The minimum Gasteiger partial charge on any atom is -0.352 e. The molecule has 1 atom stereocenters. The van der Waals surface area contributed by atoms with Crippen LogP contribution in [-0.2, 0) is 9.59 Å². The van der Waals surface area contributed by atoms with Gasteiger partial charge in [-0.1, -0.05) is 6.92 Å². The Morgan fingerprint density at radius 1 is 1.04 bits per heavy atom. The van der Waals surface area contributed by atoms with Crippen molar-refractivity contribution < 1.29 is 9.59 Å². The van der Waals surface area contributed by atoms with E-state index in [1.807, 2.05) is 18.9 Å². The molecule has 0 aromatic heterocycles. The SMILES string of the molecule is CC1CCC(N(C)C(=O)CN2CCN([C@H](C)C(=O)NC3CC3)CC2)CC1. The molecule has 26 heavy (non-hydrogen) atoms. The monoisotopic (exact) mass is 364 g/mol. The smallest absolute Gasteiger partial charge is 0.237 e. The summed E-state index contributed by atoms with van der Waals surface area (Å²) >= 11 is 0. The molecule has 6 heteroatoms. The molecule has 2 aliphatic carbocycles. The molecule has 0 aromatic rings. The second kappa shape index (κ2) is 8.70. The molecule has 3 rings (SSSR count). The summed E-state index contributed by atoms with van der Waals surface area (Å²) in [5.41, 5.74) is 0. The van der Waals surface area contributed by atoms with E-state index in [0.717, 1.165) is 57.8 Å². The number of likely N-dealkylation sites (N-methyl/N-ethyl adjacent to an activating group) is 1. The first-order valence-electron chi connectivity index (χ1n) is 10.5. The number of amides is 2. The third-order valence-electron chi connectivity index (χ3n) is 6.54. The first-order valence-corrected chi connectivity index (χ1v) is 10.5. The van der Waals surface area contributed by atoms with Gasteiger partial charge in [0.25, 0.3) is 0 Å². The van der Waals surface area contributed by atoms with Gasteiger partial charge in [0.15, 0.2) is 0 Å². The van der Waals surface area contributed by atoms with Crippen LogP contribution in [0.2, 0.25) is 0 Å². The van der Waals surface area contributed by atoms with Gasteiger partial charge in [-0.05, 0) is 51.4 Å². The predicted octanol–water partition coefficient (Wildman–Crippen LogP) is 1.31. The van der Waals surface area contributed by atoms with E-state index in [1.165, 1.54) is 12.8 Å². The van der Waals surface area contributed by atoms with Crippen LogP contribution in [0.3, 0.4) is 0 Å². The number of carbonyl (C=O) groups excluding carboxylic acids is 2. The van der Waals surface area contributed by atoms with E-state index in [9.17, 15) is 9.59 Å². The van der Waals surface area contributed by atoms with Crippen LogP contribution in [-0.4, -0.2) is 84.4 Å². The minimum absolute atomic E-state index is 0.0691. The van der Waals surface area contributed by atoms with Crippen molar-refractivity contribution >= 4 is 11.8 Å². The van der Waals surface area contributed by atoms with Gasteiger partial charge in [-0.3, -0.25) is 19.4 Å². The molecule has 3 fully saturated rings. The average molecular weight is 365 g/mol. The first kappa shape index (κ1) is 19.6. The van der Waals surface area contributed by atoms with Crippen molar-refractivity contribution in [1.29, 1.82) is 0 Å². The predicted molar refractivity (Wildman–Crippen MR) is 103 cm³/mol. The highest BCUT2D eigenvalue weighted by Crippen LogP contribution is 2.26. The summed E-state index contributed by atoms with van der Waals surface area (Å²) in [6, 6.07) is 0.772. The van der Waals surface area contributed by atoms with E-state index in [2.05, 4.69) is 22.0 Å². The lowest BCUT2D eigenvalue weighted by molar-refractivity contribution is -0.135. The fourth-order valence-corrected chi connectivity index (χ4v) is 4.16. The van der Waals surface area contributed by atoms with Crippen LogP contribution in [0.25, 0.3) is 0 Å². The van der Waals surface area contributed by atoms with Crippen LogP contribution in [0, 0.1) is 5.92 Å². The van der Waals surface area contributed by atoms with E-state index < -0.39 is 0 Å². The van der Waals surface area contributed by atoms with Crippen LogP contribution >= 0.6 is 0 Å². The fourth-order valence-electron chi connectivity index (χ4n) is 4.16. The van der Waals surface area contributed by atoms with Crippen LogP contribution in [0.1, 0.15) is 52.4 Å². The lowest BCUT2D eigenvalue weighted by Gasteiger charge is -2.39. The summed E-state index contributed by atoms with van der Waals surface area (Å²) in [5, 5.41) is 3.09. The Hall–Kier alpha value is -1.14. The van der Waals surface area contributed by atoms with Gasteiger partial charge in [0, 0.05) is 45.3 Å². The molecule has 0 radical (unpaired) electrons. The van der Waals surface area contributed by atoms with E-state index in [0.29, 0.717) is 18.6 Å². The maximum absolute atomic E-state index is 12.7. The molecule has 0 bridgehead atoms. The minimum atomic E-state index is -0.0691. The normalized spacial score (nSPS) is 29.2. The van der Waals surface area contributed by atoms with Crippen LogP contribution in [0.5, 0.6) is 0 Å². The zero-order valence-corrected chi connectivity index (χ0v) is 16.7. The van der Waals surface area contributed by atoms with Gasteiger partial charge in [-0.15, -0.1) is 0 Å². The summed E-state index contributed by atoms with van der Waals surface area (Å²) in [5.74, 6) is 1.21. The van der Waals surface area contributed by atoms with Gasteiger partial charge in [-0.2, -0.15) is 0 Å². The van der Waals surface area contributed by atoms with E-state index >= 15 is 0 Å². The first-order chi connectivity index (χ1) is 12.4. The summed E-state index contributed by atoms with van der Waals surface area (Å²) in [6.07, 6.45) is 7.02. The largest absolute Gasteiger partial charge is 0.352 e. The Morgan fingerprint density at radius 3 is 2.23 bits per heavy atom. The molecule has 0 unspecified atom stereocenters. The van der Waals surface area contributed by atoms with Gasteiger partial charge in [0.1, 0.15) is 0 Å². The maximum atomic E-state index is 12.7. The highest BCUT2D eigenvalue weighted by molar-refractivity contribution is 5.82. The Bertz CT molecular complexity index is 492. The summed E-state index contributed by atoms with van der Waals surface area (Å²) in [4.78, 5) is 31.3. The summed E-state index contributed by atoms with van der Waals surface area (Å²) < 4.78 is 0. The highest BCUT2D eigenvalue weighted by atomic mass is 16.2.